The normalized spacial score (nSPS) is 19.2. The molecule has 2 N–H and O–H groups in total. The van der Waals surface area contributed by atoms with Gasteiger partial charge < -0.3 is 20.1 Å². The van der Waals surface area contributed by atoms with Gasteiger partial charge in [-0.05, 0) is 36.1 Å². The van der Waals surface area contributed by atoms with Crippen LogP contribution in [0.1, 0.15) is 28.7 Å². The number of aryl methyl sites for hydroxylation is 1. The topological polar surface area (TPSA) is 58.1 Å². The van der Waals surface area contributed by atoms with Gasteiger partial charge in [-0.1, -0.05) is 36.4 Å². The maximum absolute atomic E-state index is 6.21. The van der Waals surface area contributed by atoms with Crippen LogP contribution < -0.4 is 15.4 Å². The molecule has 4 rings (SSSR count). The molecule has 1 atom stereocenters. The van der Waals surface area contributed by atoms with Gasteiger partial charge in [-0.3, -0.25) is 9.89 Å². The molecule has 0 bridgehead atoms. The van der Waals surface area contributed by atoms with Gasteiger partial charge in [0.15, 0.2) is 5.96 Å². The monoisotopic (exact) mass is 422 g/mol. The molecule has 2 aliphatic rings. The molecule has 2 aromatic rings. The highest BCUT2D eigenvalue weighted by molar-refractivity contribution is 5.79. The number of rotatable bonds is 7. The zero-order valence-corrected chi connectivity index (χ0v) is 18.7. The van der Waals surface area contributed by atoms with Crippen LogP contribution in [0.25, 0.3) is 0 Å². The summed E-state index contributed by atoms with van der Waals surface area (Å²) in [5.41, 5.74) is 5.27. The number of fused-ring (bicyclic) bond motifs is 1. The van der Waals surface area contributed by atoms with E-state index in [1.165, 1.54) is 16.7 Å². The van der Waals surface area contributed by atoms with Crippen molar-refractivity contribution in [2.24, 2.45) is 4.99 Å². The summed E-state index contributed by atoms with van der Waals surface area (Å²) in [6, 6.07) is 15.1. The van der Waals surface area contributed by atoms with Gasteiger partial charge in [0.25, 0.3) is 0 Å². The summed E-state index contributed by atoms with van der Waals surface area (Å²) in [5.74, 6) is 1.75. The average Bonchev–Trinajstić information content (AvgIpc) is 3.30. The SMILES string of the molecule is CN=C(NCCN1CCc2ccccc2C1)NCc1ccc(C)cc1OC1CCOC1. The third kappa shape index (κ3) is 5.99. The number of nitrogens with zero attached hydrogens (tertiary/aromatic N) is 2. The fourth-order valence-corrected chi connectivity index (χ4v) is 4.18. The van der Waals surface area contributed by atoms with Crippen LogP contribution in [0.2, 0.25) is 0 Å². The predicted molar refractivity (Wildman–Crippen MR) is 125 cm³/mol. The maximum atomic E-state index is 6.21. The Bertz CT molecular complexity index is 893. The molecule has 0 radical (unpaired) electrons. The van der Waals surface area contributed by atoms with Crippen molar-refractivity contribution in [1.82, 2.24) is 15.5 Å². The van der Waals surface area contributed by atoms with Crippen molar-refractivity contribution in [3.8, 4) is 5.75 Å². The van der Waals surface area contributed by atoms with Crippen molar-refractivity contribution in [1.29, 1.82) is 0 Å². The van der Waals surface area contributed by atoms with Gasteiger partial charge in [0.2, 0.25) is 0 Å². The van der Waals surface area contributed by atoms with Crippen LogP contribution in [0.5, 0.6) is 5.75 Å². The highest BCUT2D eigenvalue weighted by Crippen LogP contribution is 2.24. The number of hydrogen-bond donors (Lipinski definition) is 2. The standard InChI is InChI=1S/C25H34N4O2/c1-19-7-8-21(24(15-19)31-23-10-14-30-18-23)16-28-25(26-2)27-11-13-29-12-9-20-5-3-4-6-22(20)17-29/h3-8,15,23H,9-14,16-18H2,1-2H3,(H2,26,27,28). The van der Waals surface area contributed by atoms with Gasteiger partial charge in [-0.25, -0.2) is 0 Å². The maximum Gasteiger partial charge on any atom is 0.191 e. The van der Waals surface area contributed by atoms with Crippen LogP contribution in [0.4, 0.5) is 0 Å². The van der Waals surface area contributed by atoms with Crippen molar-refractivity contribution in [3.63, 3.8) is 0 Å². The number of ether oxygens (including phenoxy) is 2. The number of nitrogens with one attached hydrogen (secondary N) is 2. The van der Waals surface area contributed by atoms with Crippen molar-refractivity contribution >= 4 is 5.96 Å². The second kappa shape index (κ2) is 10.6. The van der Waals surface area contributed by atoms with Crippen LogP contribution in [-0.4, -0.2) is 56.9 Å². The number of aliphatic imine (C=N–C) groups is 1. The molecule has 0 aromatic heterocycles. The fourth-order valence-electron chi connectivity index (χ4n) is 4.18. The Balaban J connectivity index is 1.25. The van der Waals surface area contributed by atoms with Crippen LogP contribution >= 0.6 is 0 Å². The summed E-state index contributed by atoms with van der Waals surface area (Å²) in [6.07, 6.45) is 2.23. The summed E-state index contributed by atoms with van der Waals surface area (Å²) in [5, 5.41) is 6.88. The van der Waals surface area contributed by atoms with Crippen LogP contribution in [0.15, 0.2) is 47.5 Å². The molecule has 166 valence electrons. The number of benzene rings is 2. The molecule has 1 unspecified atom stereocenters. The van der Waals surface area contributed by atoms with E-state index in [0.29, 0.717) is 13.2 Å². The van der Waals surface area contributed by atoms with Gasteiger partial charge in [0.05, 0.1) is 13.2 Å². The van der Waals surface area contributed by atoms with E-state index in [4.69, 9.17) is 9.47 Å². The highest BCUT2D eigenvalue weighted by Gasteiger charge is 2.19. The molecule has 0 amide bonds. The molecule has 2 aliphatic heterocycles. The number of guanidine groups is 1. The molecule has 1 fully saturated rings. The summed E-state index contributed by atoms with van der Waals surface area (Å²) >= 11 is 0. The quantitative estimate of drug-likeness (QED) is 0.531. The van der Waals surface area contributed by atoms with E-state index in [-0.39, 0.29) is 6.10 Å². The molecule has 0 aliphatic carbocycles. The van der Waals surface area contributed by atoms with Gasteiger partial charge in [-0.15, -0.1) is 0 Å². The van der Waals surface area contributed by atoms with E-state index in [0.717, 1.165) is 62.9 Å². The lowest BCUT2D eigenvalue weighted by atomic mass is 10.00. The molecule has 0 saturated carbocycles. The first-order valence-corrected chi connectivity index (χ1v) is 11.3. The molecule has 2 aromatic carbocycles. The Labute approximate surface area is 185 Å². The van der Waals surface area contributed by atoms with Crippen molar-refractivity contribution in [2.75, 3.05) is 39.9 Å². The summed E-state index contributed by atoms with van der Waals surface area (Å²) in [6.45, 7) is 8.20. The van der Waals surface area contributed by atoms with Crippen molar-refractivity contribution in [3.05, 3.63) is 64.7 Å². The first-order valence-electron chi connectivity index (χ1n) is 11.3. The largest absolute Gasteiger partial charge is 0.488 e. The zero-order chi connectivity index (χ0) is 21.5. The lowest BCUT2D eigenvalue weighted by Gasteiger charge is -2.28. The molecule has 6 nitrogen and oxygen atoms in total. The third-order valence-corrected chi connectivity index (χ3v) is 6.00. The Morgan fingerprint density at radius 1 is 1.19 bits per heavy atom. The molecule has 1 saturated heterocycles. The predicted octanol–water partition coefficient (Wildman–Crippen LogP) is 2.89. The lowest BCUT2D eigenvalue weighted by Crippen LogP contribution is -2.42. The molecule has 6 heteroatoms. The number of hydrogen-bond acceptors (Lipinski definition) is 4. The summed E-state index contributed by atoms with van der Waals surface area (Å²) < 4.78 is 11.7. The molecule has 0 spiro atoms. The Kier molecular flexibility index (Phi) is 7.43. The lowest BCUT2D eigenvalue weighted by molar-refractivity contribution is 0.140. The van der Waals surface area contributed by atoms with Crippen LogP contribution in [0.3, 0.4) is 0 Å². The van der Waals surface area contributed by atoms with Gasteiger partial charge in [0.1, 0.15) is 11.9 Å². The smallest absolute Gasteiger partial charge is 0.191 e. The van der Waals surface area contributed by atoms with Crippen molar-refractivity contribution < 1.29 is 9.47 Å². The van der Waals surface area contributed by atoms with Gasteiger partial charge in [0, 0.05) is 51.8 Å². The fraction of sp³-hybridized carbons (Fsp3) is 0.480. The molecular formula is C25H34N4O2. The minimum Gasteiger partial charge on any atom is -0.488 e. The van der Waals surface area contributed by atoms with Crippen molar-refractivity contribution in [2.45, 2.75) is 39.0 Å². The zero-order valence-electron chi connectivity index (χ0n) is 18.7. The Hall–Kier alpha value is -2.57. The minimum atomic E-state index is 0.146. The second-order valence-electron chi connectivity index (χ2n) is 8.36. The van der Waals surface area contributed by atoms with Crippen LogP contribution in [-0.2, 0) is 24.2 Å². The minimum absolute atomic E-state index is 0.146. The van der Waals surface area contributed by atoms with E-state index in [1.807, 2.05) is 7.05 Å². The van der Waals surface area contributed by atoms with E-state index in [1.54, 1.807) is 0 Å². The molecule has 31 heavy (non-hydrogen) atoms. The van der Waals surface area contributed by atoms with E-state index >= 15 is 0 Å². The second-order valence-corrected chi connectivity index (χ2v) is 8.36. The van der Waals surface area contributed by atoms with Crippen LogP contribution in [0, 0.1) is 6.92 Å². The Morgan fingerprint density at radius 3 is 2.87 bits per heavy atom. The first-order chi connectivity index (χ1) is 15.2. The summed E-state index contributed by atoms with van der Waals surface area (Å²) in [4.78, 5) is 6.89. The van der Waals surface area contributed by atoms with E-state index in [2.05, 4.69) is 69.9 Å². The van der Waals surface area contributed by atoms with Gasteiger partial charge in [-0.2, -0.15) is 0 Å². The van der Waals surface area contributed by atoms with E-state index in [9.17, 15) is 0 Å². The molecular weight excluding hydrogens is 388 g/mol. The Morgan fingerprint density at radius 2 is 2.06 bits per heavy atom. The highest BCUT2D eigenvalue weighted by atomic mass is 16.5. The van der Waals surface area contributed by atoms with Gasteiger partial charge >= 0.3 is 0 Å². The summed E-state index contributed by atoms with van der Waals surface area (Å²) in [7, 11) is 1.81. The molecule has 2 heterocycles. The van der Waals surface area contributed by atoms with E-state index < -0.39 is 0 Å². The average molecular weight is 423 g/mol. The third-order valence-electron chi connectivity index (χ3n) is 6.00. The first kappa shape index (κ1) is 21.7.